The third kappa shape index (κ3) is 3.20. The van der Waals surface area contributed by atoms with Crippen molar-refractivity contribution in [2.24, 2.45) is 11.7 Å². The molecule has 0 bridgehead atoms. The average Bonchev–Trinajstić information content (AvgIpc) is 2.92. The summed E-state index contributed by atoms with van der Waals surface area (Å²) in [7, 11) is 1.88. The Morgan fingerprint density at radius 1 is 1.42 bits per heavy atom. The van der Waals surface area contributed by atoms with Gasteiger partial charge >= 0.3 is 6.03 Å². The van der Waals surface area contributed by atoms with Gasteiger partial charge < -0.3 is 20.7 Å². The number of nitrogens with two attached hydrogens (primary N) is 1. The Labute approximate surface area is 115 Å². The lowest BCUT2D eigenvalue weighted by Crippen LogP contribution is -2.59. The maximum Gasteiger partial charge on any atom is 0.317 e. The number of nitrogens with zero attached hydrogens (tertiary/aromatic N) is 1. The lowest BCUT2D eigenvalue weighted by molar-refractivity contribution is 0.0877. The van der Waals surface area contributed by atoms with Crippen LogP contribution in [0.2, 0.25) is 0 Å². The fourth-order valence-corrected chi connectivity index (χ4v) is 3.11. The molecule has 0 aromatic carbocycles. The van der Waals surface area contributed by atoms with Crippen LogP contribution in [0.4, 0.5) is 4.79 Å². The van der Waals surface area contributed by atoms with Crippen LogP contribution in [0.25, 0.3) is 0 Å². The van der Waals surface area contributed by atoms with Gasteiger partial charge in [-0.05, 0) is 38.0 Å². The van der Waals surface area contributed by atoms with Crippen LogP contribution in [0.1, 0.15) is 39.0 Å². The van der Waals surface area contributed by atoms with Crippen LogP contribution in [-0.2, 0) is 4.74 Å². The Kier molecular flexibility index (Phi) is 4.68. The van der Waals surface area contributed by atoms with Crippen LogP contribution in [0.15, 0.2) is 0 Å². The van der Waals surface area contributed by atoms with Gasteiger partial charge in [0.1, 0.15) is 0 Å². The second-order valence-corrected chi connectivity index (χ2v) is 6.18. The molecule has 0 aromatic rings. The Bertz CT molecular complexity index is 308. The van der Waals surface area contributed by atoms with E-state index in [0.717, 1.165) is 44.6 Å². The number of carbonyl (C=O) groups is 1. The summed E-state index contributed by atoms with van der Waals surface area (Å²) < 4.78 is 5.29. The zero-order chi connectivity index (χ0) is 13.9. The minimum absolute atomic E-state index is 0.00416. The van der Waals surface area contributed by atoms with Crippen molar-refractivity contribution < 1.29 is 9.53 Å². The number of carbonyl (C=O) groups excluding carboxylic acids is 1. The standard InChI is InChI=1S/C14H27N3O2/c1-11-3-6-14(10-15,7-4-11)17(2)13(18)16-12-5-8-19-9-12/h11-12H,3-10,15H2,1-2H3,(H,16,18). The molecule has 2 amide bonds. The van der Waals surface area contributed by atoms with Crippen molar-refractivity contribution in [1.29, 1.82) is 0 Å². The van der Waals surface area contributed by atoms with Crippen molar-refractivity contribution in [2.75, 3.05) is 26.8 Å². The minimum atomic E-state index is -0.157. The fourth-order valence-electron chi connectivity index (χ4n) is 3.11. The lowest BCUT2D eigenvalue weighted by Gasteiger charge is -2.45. The zero-order valence-corrected chi connectivity index (χ0v) is 12.2. The molecule has 1 unspecified atom stereocenters. The Hall–Kier alpha value is -0.810. The van der Waals surface area contributed by atoms with Crippen LogP contribution in [0.5, 0.6) is 0 Å². The first kappa shape index (κ1) is 14.6. The van der Waals surface area contributed by atoms with E-state index in [1.165, 1.54) is 0 Å². The molecule has 5 nitrogen and oxygen atoms in total. The molecule has 1 saturated heterocycles. The molecule has 1 heterocycles. The summed E-state index contributed by atoms with van der Waals surface area (Å²) in [5.74, 6) is 0.749. The molecule has 2 rings (SSSR count). The SMILES string of the molecule is CC1CCC(CN)(N(C)C(=O)NC2CCOC2)CC1. The molecule has 1 aliphatic carbocycles. The van der Waals surface area contributed by atoms with Gasteiger partial charge in [-0.15, -0.1) is 0 Å². The number of hydrogen-bond acceptors (Lipinski definition) is 3. The molecule has 0 aromatic heterocycles. The smallest absolute Gasteiger partial charge is 0.317 e. The van der Waals surface area contributed by atoms with E-state index >= 15 is 0 Å². The van der Waals surface area contributed by atoms with Gasteiger partial charge in [0.2, 0.25) is 0 Å². The van der Waals surface area contributed by atoms with Crippen molar-refractivity contribution in [3.8, 4) is 0 Å². The van der Waals surface area contributed by atoms with Crippen LogP contribution < -0.4 is 11.1 Å². The fraction of sp³-hybridized carbons (Fsp3) is 0.929. The lowest BCUT2D eigenvalue weighted by atomic mass is 9.76. The van der Waals surface area contributed by atoms with Crippen LogP contribution in [0, 0.1) is 5.92 Å². The molecule has 1 saturated carbocycles. The topological polar surface area (TPSA) is 67.6 Å². The predicted molar refractivity (Wildman–Crippen MR) is 74.9 cm³/mol. The van der Waals surface area contributed by atoms with E-state index < -0.39 is 0 Å². The number of amides is 2. The molecule has 0 spiro atoms. The molecule has 2 fully saturated rings. The largest absolute Gasteiger partial charge is 0.379 e. The van der Waals surface area contributed by atoms with Crippen molar-refractivity contribution in [2.45, 2.75) is 50.6 Å². The normalized spacial score (nSPS) is 35.1. The number of hydrogen-bond donors (Lipinski definition) is 2. The first-order chi connectivity index (χ1) is 9.07. The van der Waals surface area contributed by atoms with Crippen molar-refractivity contribution in [1.82, 2.24) is 10.2 Å². The summed E-state index contributed by atoms with van der Waals surface area (Å²) in [4.78, 5) is 14.2. The number of urea groups is 1. The van der Waals surface area contributed by atoms with Gasteiger partial charge in [-0.2, -0.15) is 0 Å². The van der Waals surface area contributed by atoms with Crippen molar-refractivity contribution in [3.63, 3.8) is 0 Å². The highest BCUT2D eigenvalue weighted by Gasteiger charge is 2.39. The highest BCUT2D eigenvalue weighted by molar-refractivity contribution is 5.75. The number of nitrogens with one attached hydrogen (secondary N) is 1. The Morgan fingerprint density at radius 2 is 2.11 bits per heavy atom. The highest BCUT2D eigenvalue weighted by atomic mass is 16.5. The van der Waals surface area contributed by atoms with Crippen molar-refractivity contribution >= 4 is 6.03 Å². The summed E-state index contributed by atoms with van der Waals surface area (Å²) in [5, 5.41) is 3.05. The highest BCUT2D eigenvalue weighted by Crippen LogP contribution is 2.35. The van der Waals surface area contributed by atoms with Gasteiger partial charge in [-0.3, -0.25) is 0 Å². The van der Waals surface area contributed by atoms with Gasteiger partial charge in [-0.25, -0.2) is 4.79 Å². The van der Waals surface area contributed by atoms with E-state index in [0.29, 0.717) is 13.2 Å². The molecular weight excluding hydrogens is 242 g/mol. The quantitative estimate of drug-likeness (QED) is 0.812. The monoisotopic (exact) mass is 269 g/mol. The van der Waals surface area contributed by atoms with Gasteiger partial charge in [0.15, 0.2) is 0 Å². The third-order valence-corrected chi connectivity index (χ3v) is 4.86. The molecule has 0 radical (unpaired) electrons. The molecule has 110 valence electrons. The number of rotatable bonds is 3. The van der Waals surface area contributed by atoms with E-state index in [2.05, 4.69) is 12.2 Å². The minimum Gasteiger partial charge on any atom is -0.379 e. The van der Waals surface area contributed by atoms with Crippen LogP contribution in [0.3, 0.4) is 0 Å². The maximum absolute atomic E-state index is 12.3. The van der Waals surface area contributed by atoms with Crippen LogP contribution >= 0.6 is 0 Å². The molecule has 1 aliphatic heterocycles. The second-order valence-electron chi connectivity index (χ2n) is 6.18. The van der Waals surface area contributed by atoms with Gasteiger partial charge in [0.25, 0.3) is 0 Å². The summed E-state index contributed by atoms with van der Waals surface area (Å²) in [6, 6.07) is 0.155. The Balaban J connectivity index is 1.95. The van der Waals surface area contributed by atoms with Crippen molar-refractivity contribution in [3.05, 3.63) is 0 Å². The Morgan fingerprint density at radius 3 is 2.63 bits per heavy atom. The summed E-state index contributed by atoms with van der Waals surface area (Å²) >= 11 is 0. The summed E-state index contributed by atoms with van der Waals surface area (Å²) in [6.45, 7) is 4.20. The number of ether oxygens (including phenoxy) is 1. The zero-order valence-electron chi connectivity index (χ0n) is 12.2. The van der Waals surface area contributed by atoms with E-state index in [4.69, 9.17) is 10.5 Å². The number of likely N-dealkylation sites (N-methyl/N-ethyl adjacent to an activating group) is 1. The molecule has 2 aliphatic rings. The van der Waals surface area contributed by atoms with Gasteiger partial charge in [0, 0.05) is 20.2 Å². The molecular formula is C14H27N3O2. The second kappa shape index (κ2) is 6.09. The van der Waals surface area contributed by atoms with E-state index in [9.17, 15) is 4.79 Å². The first-order valence-electron chi connectivity index (χ1n) is 7.39. The predicted octanol–water partition coefficient (Wildman–Crippen LogP) is 1.32. The van der Waals surface area contributed by atoms with Gasteiger partial charge in [0.05, 0.1) is 18.2 Å². The maximum atomic E-state index is 12.3. The molecule has 5 heteroatoms. The third-order valence-electron chi connectivity index (χ3n) is 4.86. The first-order valence-corrected chi connectivity index (χ1v) is 7.39. The summed E-state index contributed by atoms with van der Waals surface area (Å²) in [6.07, 6.45) is 5.24. The van der Waals surface area contributed by atoms with E-state index in [-0.39, 0.29) is 17.6 Å². The summed E-state index contributed by atoms with van der Waals surface area (Å²) in [5.41, 5.74) is 5.83. The van der Waals surface area contributed by atoms with Gasteiger partial charge in [-0.1, -0.05) is 6.92 Å². The average molecular weight is 269 g/mol. The van der Waals surface area contributed by atoms with E-state index in [1.54, 1.807) is 0 Å². The molecule has 19 heavy (non-hydrogen) atoms. The van der Waals surface area contributed by atoms with E-state index in [1.807, 2.05) is 11.9 Å². The molecule has 3 N–H and O–H groups in total. The van der Waals surface area contributed by atoms with Crippen LogP contribution in [-0.4, -0.2) is 49.3 Å². The molecule has 1 atom stereocenters.